The van der Waals surface area contributed by atoms with Crippen molar-refractivity contribution in [2.24, 2.45) is 0 Å². The molecule has 2 amide bonds. The third-order valence-corrected chi connectivity index (χ3v) is 4.59. The fraction of sp³-hybridized carbons (Fsp3) is 0.467. The van der Waals surface area contributed by atoms with Crippen LogP contribution in [0.4, 0.5) is 0 Å². The predicted molar refractivity (Wildman–Crippen MR) is 84.9 cm³/mol. The van der Waals surface area contributed by atoms with Crippen LogP contribution < -0.4 is 5.32 Å². The average molecular weight is 307 g/mol. The zero-order valence-electron chi connectivity index (χ0n) is 12.6. The second-order valence-corrected chi connectivity index (χ2v) is 6.21. The van der Waals surface area contributed by atoms with Gasteiger partial charge in [0, 0.05) is 12.8 Å². The summed E-state index contributed by atoms with van der Waals surface area (Å²) in [5.41, 5.74) is 0.944. The monoisotopic (exact) mass is 307 g/mol. The van der Waals surface area contributed by atoms with Crippen LogP contribution in [0.3, 0.4) is 0 Å². The molecule has 114 valence electrons. The normalized spacial score (nSPS) is 19.6. The van der Waals surface area contributed by atoms with E-state index in [0.29, 0.717) is 11.6 Å². The molecule has 1 fully saturated rings. The molecule has 0 saturated carbocycles. The molecule has 1 aromatic carbocycles. The highest BCUT2D eigenvalue weighted by atomic mass is 32.2. The highest BCUT2D eigenvalue weighted by Crippen LogP contribution is 2.28. The molecule has 0 aromatic heterocycles. The van der Waals surface area contributed by atoms with Crippen molar-refractivity contribution in [1.29, 1.82) is 0 Å². The van der Waals surface area contributed by atoms with Crippen molar-refractivity contribution in [3.8, 4) is 0 Å². The number of rotatable bonds is 4. The first-order valence-electron chi connectivity index (χ1n) is 6.87. The second-order valence-electron chi connectivity index (χ2n) is 5.21. The molecule has 1 aliphatic rings. The van der Waals surface area contributed by atoms with Crippen LogP contribution in [0.1, 0.15) is 11.6 Å². The lowest BCUT2D eigenvalue weighted by atomic mass is 10.0. The maximum Gasteiger partial charge on any atom is 0.245 e. The zero-order chi connectivity index (χ0) is 15.4. The number of hydrogen-bond donors (Lipinski definition) is 1. The molecule has 0 aliphatic carbocycles. The van der Waals surface area contributed by atoms with Crippen LogP contribution in [0.5, 0.6) is 0 Å². The molecule has 0 spiro atoms. The second kappa shape index (κ2) is 6.95. The molecule has 2 atom stereocenters. The number of hydrogen-bond acceptors (Lipinski definition) is 4. The molecule has 1 aliphatic heterocycles. The van der Waals surface area contributed by atoms with E-state index in [9.17, 15) is 9.59 Å². The summed E-state index contributed by atoms with van der Waals surface area (Å²) in [4.78, 5) is 28.4. The largest absolute Gasteiger partial charge is 0.357 e. The van der Waals surface area contributed by atoms with Gasteiger partial charge in [-0.3, -0.25) is 14.5 Å². The zero-order valence-corrected chi connectivity index (χ0v) is 13.4. The topological polar surface area (TPSA) is 52.7 Å². The van der Waals surface area contributed by atoms with Crippen LogP contribution in [0.25, 0.3) is 0 Å². The van der Waals surface area contributed by atoms with Gasteiger partial charge in [-0.1, -0.05) is 30.3 Å². The molecular weight excluding hydrogens is 286 g/mol. The maximum absolute atomic E-state index is 12.9. The van der Waals surface area contributed by atoms with Crippen LogP contribution in [0.2, 0.25) is 0 Å². The molecule has 1 aromatic rings. The van der Waals surface area contributed by atoms with Crippen LogP contribution in [0.15, 0.2) is 30.3 Å². The van der Waals surface area contributed by atoms with E-state index >= 15 is 0 Å². The van der Waals surface area contributed by atoms with E-state index in [1.807, 2.05) is 49.3 Å². The molecular formula is C15H21N3O2S. The van der Waals surface area contributed by atoms with Gasteiger partial charge in [-0.2, -0.15) is 0 Å². The molecule has 0 radical (unpaired) electrons. The average Bonchev–Trinajstić information content (AvgIpc) is 2.96. The van der Waals surface area contributed by atoms with Gasteiger partial charge < -0.3 is 10.2 Å². The van der Waals surface area contributed by atoms with E-state index < -0.39 is 0 Å². The SMILES string of the molecule is CNC(=O)C1CSCN1C(=O)C(c1ccccc1)N(C)C. The first-order valence-corrected chi connectivity index (χ1v) is 8.03. The van der Waals surface area contributed by atoms with Crippen molar-refractivity contribution in [3.63, 3.8) is 0 Å². The maximum atomic E-state index is 12.9. The highest BCUT2D eigenvalue weighted by molar-refractivity contribution is 7.99. The Bertz CT molecular complexity index is 507. The quantitative estimate of drug-likeness (QED) is 0.899. The molecule has 6 heteroatoms. The standard InChI is InChI=1S/C15H21N3O2S/c1-16-14(19)12-9-21-10-18(12)15(20)13(17(2)3)11-7-5-4-6-8-11/h4-8,12-13H,9-10H2,1-3H3,(H,16,19). The minimum Gasteiger partial charge on any atom is -0.357 e. The van der Waals surface area contributed by atoms with Crippen LogP contribution >= 0.6 is 11.8 Å². The number of carbonyl (C=O) groups excluding carboxylic acids is 2. The van der Waals surface area contributed by atoms with Crippen molar-refractivity contribution in [3.05, 3.63) is 35.9 Å². The Balaban J connectivity index is 2.25. The van der Waals surface area contributed by atoms with Gasteiger partial charge in [-0.15, -0.1) is 11.8 Å². The van der Waals surface area contributed by atoms with Gasteiger partial charge in [0.25, 0.3) is 0 Å². The lowest BCUT2D eigenvalue weighted by Crippen LogP contribution is -2.49. The Morgan fingerprint density at radius 3 is 2.57 bits per heavy atom. The summed E-state index contributed by atoms with van der Waals surface area (Å²) in [6, 6.07) is 8.93. The fourth-order valence-electron chi connectivity index (χ4n) is 2.50. The fourth-order valence-corrected chi connectivity index (χ4v) is 3.66. The van der Waals surface area contributed by atoms with Crippen LogP contribution in [0, 0.1) is 0 Å². The first-order chi connectivity index (χ1) is 10.1. The first kappa shape index (κ1) is 15.9. The molecule has 2 unspecified atom stereocenters. The summed E-state index contributed by atoms with van der Waals surface area (Å²) >= 11 is 1.61. The summed E-state index contributed by atoms with van der Waals surface area (Å²) < 4.78 is 0. The highest BCUT2D eigenvalue weighted by Gasteiger charge is 2.38. The number of benzene rings is 1. The Morgan fingerprint density at radius 2 is 2.00 bits per heavy atom. The Kier molecular flexibility index (Phi) is 5.25. The van der Waals surface area contributed by atoms with Crippen LogP contribution in [-0.4, -0.2) is 60.4 Å². The van der Waals surface area contributed by atoms with Gasteiger partial charge in [-0.05, 0) is 19.7 Å². The predicted octanol–water partition coefficient (Wildman–Crippen LogP) is 0.937. The molecule has 1 heterocycles. The van der Waals surface area contributed by atoms with Gasteiger partial charge in [-0.25, -0.2) is 0 Å². The van der Waals surface area contributed by atoms with Gasteiger partial charge >= 0.3 is 0 Å². The third kappa shape index (κ3) is 3.39. The minimum atomic E-state index is -0.376. The summed E-state index contributed by atoms with van der Waals surface area (Å²) in [6.07, 6.45) is 0. The van der Waals surface area contributed by atoms with Crippen molar-refractivity contribution in [2.75, 3.05) is 32.8 Å². The summed E-state index contributed by atoms with van der Waals surface area (Å²) in [7, 11) is 5.37. The summed E-state index contributed by atoms with van der Waals surface area (Å²) in [6.45, 7) is 0. The smallest absolute Gasteiger partial charge is 0.245 e. The van der Waals surface area contributed by atoms with E-state index in [0.717, 1.165) is 5.56 Å². The van der Waals surface area contributed by atoms with Gasteiger partial charge in [0.05, 0.1) is 5.88 Å². The van der Waals surface area contributed by atoms with E-state index in [2.05, 4.69) is 5.32 Å². The van der Waals surface area contributed by atoms with Crippen molar-refractivity contribution in [1.82, 2.24) is 15.1 Å². The molecule has 1 saturated heterocycles. The number of nitrogens with one attached hydrogen (secondary N) is 1. The van der Waals surface area contributed by atoms with Crippen molar-refractivity contribution in [2.45, 2.75) is 12.1 Å². The third-order valence-electron chi connectivity index (χ3n) is 3.58. The summed E-state index contributed by atoms with van der Waals surface area (Å²) in [5.74, 6) is 1.10. The number of likely N-dealkylation sites (N-methyl/N-ethyl adjacent to an activating group) is 2. The Hall–Kier alpha value is -1.53. The molecule has 2 rings (SSSR count). The lowest BCUT2D eigenvalue weighted by molar-refractivity contribution is -0.141. The molecule has 21 heavy (non-hydrogen) atoms. The van der Waals surface area contributed by atoms with Gasteiger partial charge in [0.2, 0.25) is 11.8 Å². The minimum absolute atomic E-state index is 0.0233. The number of carbonyl (C=O) groups is 2. The Morgan fingerprint density at radius 1 is 1.33 bits per heavy atom. The van der Waals surface area contributed by atoms with Gasteiger partial charge in [0.15, 0.2) is 0 Å². The number of thioether (sulfide) groups is 1. The number of amides is 2. The van der Waals surface area contributed by atoms with Crippen molar-refractivity contribution < 1.29 is 9.59 Å². The van der Waals surface area contributed by atoms with E-state index in [1.165, 1.54) is 0 Å². The van der Waals surface area contributed by atoms with Crippen LogP contribution in [-0.2, 0) is 9.59 Å². The van der Waals surface area contributed by atoms with Gasteiger partial charge in [0.1, 0.15) is 12.1 Å². The van der Waals surface area contributed by atoms with E-state index in [4.69, 9.17) is 0 Å². The van der Waals surface area contributed by atoms with E-state index in [-0.39, 0.29) is 23.9 Å². The van der Waals surface area contributed by atoms with E-state index in [1.54, 1.807) is 23.7 Å². The Labute approximate surface area is 129 Å². The lowest BCUT2D eigenvalue weighted by Gasteiger charge is -2.30. The summed E-state index contributed by atoms with van der Waals surface area (Å²) in [5, 5.41) is 2.64. The molecule has 0 bridgehead atoms. The molecule has 5 nitrogen and oxygen atoms in total. The molecule has 1 N–H and O–H groups in total. The number of nitrogens with zero attached hydrogens (tertiary/aromatic N) is 2. The van der Waals surface area contributed by atoms with Crippen molar-refractivity contribution >= 4 is 23.6 Å².